The van der Waals surface area contributed by atoms with Crippen molar-refractivity contribution in [3.63, 3.8) is 0 Å². The topological polar surface area (TPSA) is 78.7 Å². The molecule has 9 heteroatoms. The smallest absolute Gasteiger partial charge is 0.197 e. The normalized spacial score (nSPS) is 24.3. The van der Waals surface area contributed by atoms with Gasteiger partial charge >= 0.3 is 0 Å². The van der Waals surface area contributed by atoms with Crippen LogP contribution in [0.25, 0.3) is 0 Å². The summed E-state index contributed by atoms with van der Waals surface area (Å²) in [6, 6.07) is 10.7. The zero-order valence-corrected chi connectivity index (χ0v) is 21.8. The van der Waals surface area contributed by atoms with E-state index in [1.165, 1.54) is 17.7 Å². The van der Waals surface area contributed by atoms with Crippen LogP contribution in [0, 0.1) is 11.7 Å². The highest BCUT2D eigenvalue weighted by atomic mass is 19.1. The van der Waals surface area contributed by atoms with Crippen LogP contribution in [0.2, 0.25) is 0 Å². The number of allylic oxidation sites excluding steroid dienone is 1. The molecule has 38 heavy (non-hydrogen) atoms. The molecule has 2 aliphatic carbocycles. The Morgan fingerprint density at radius 1 is 1.13 bits per heavy atom. The van der Waals surface area contributed by atoms with Crippen molar-refractivity contribution in [1.82, 2.24) is 19.9 Å². The molecular formula is C29H31FN4O4. The molecule has 3 aromatic rings. The Balaban J connectivity index is 1.33. The van der Waals surface area contributed by atoms with Crippen LogP contribution in [0.15, 0.2) is 54.4 Å². The summed E-state index contributed by atoms with van der Waals surface area (Å²) < 4.78 is 32.7. The summed E-state index contributed by atoms with van der Waals surface area (Å²) in [6.07, 6.45) is 5.95. The fourth-order valence-corrected chi connectivity index (χ4v) is 6.56. The number of ether oxygens (including phenoxy) is 3. The minimum absolute atomic E-state index is 0.0254. The van der Waals surface area contributed by atoms with E-state index in [0.29, 0.717) is 35.9 Å². The first-order chi connectivity index (χ1) is 18.4. The summed E-state index contributed by atoms with van der Waals surface area (Å²) in [6.45, 7) is 1.58. The van der Waals surface area contributed by atoms with E-state index in [1.54, 1.807) is 31.0 Å². The number of carbonyl (C=O) groups is 1. The number of methoxy groups -OCH3 is 2. The van der Waals surface area contributed by atoms with E-state index >= 15 is 0 Å². The second kappa shape index (κ2) is 9.54. The summed E-state index contributed by atoms with van der Waals surface area (Å²) in [5.74, 6) is 1.66. The molecule has 1 aromatic heterocycles. The van der Waals surface area contributed by atoms with Crippen molar-refractivity contribution in [2.75, 3.05) is 27.8 Å². The molecule has 198 valence electrons. The monoisotopic (exact) mass is 518 g/mol. The summed E-state index contributed by atoms with van der Waals surface area (Å²) in [4.78, 5) is 15.6. The number of hydrogen-bond acceptors (Lipinski definition) is 7. The van der Waals surface area contributed by atoms with Gasteiger partial charge in [0.05, 0.1) is 27.0 Å². The first-order valence-electron chi connectivity index (χ1n) is 12.9. The third kappa shape index (κ3) is 4.05. The summed E-state index contributed by atoms with van der Waals surface area (Å²) in [7, 11) is 5.36. The van der Waals surface area contributed by atoms with E-state index in [9.17, 15) is 9.18 Å². The first kappa shape index (κ1) is 24.6. The number of likely N-dealkylation sites (N-methyl/N-ethyl adjacent to an activating group) is 1. The second-order valence-electron chi connectivity index (χ2n) is 10.5. The number of likely N-dealkylation sites (tertiary alicyclic amines) is 1. The lowest BCUT2D eigenvalue weighted by molar-refractivity contribution is -0.122. The maximum atomic E-state index is 13.2. The number of aromatic nitrogens is 3. The third-order valence-electron chi connectivity index (χ3n) is 8.39. The van der Waals surface area contributed by atoms with Crippen molar-refractivity contribution in [1.29, 1.82) is 0 Å². The Morgan fingerprint density at radius 2 is 1.95 bits per heavy atom. The van der Waals surface area contributed by atoms with Gasteiger partial charge in [-0.15, -0.1) is 5.10 Å². The molecule has 0 amide bonds. The van der Waals surface area contributed by atoms with Gasteiger partial charge in [0.15, 0.2) is 23.0 Å². The number of carbonyl (C=O) groups excluding carboxylic acids is 1. The summed E-state index contributed by atoms with van der Waals surface area (Å²) in [5.41, 5.74) is 3.47. The average Bonchev–Trinajstić information content (AvgIpc) is 3.37. The van der Waals surface area contributed by atoms with E-state index in [4.69, 9.17) is 14.2 Å². The molecule has 0 radical (unpaired) electrons. The number of fused-ring (bicyclic) bond motifs is 1. The zero-order valence-electron chi connectivity index (χ0n) is 21.8. The molecular weight excluding hydrogens is 487 g/mol. The number of halogens is 1. The largest absolute Gasteiger partial charge is 0.493 e. The highest BCUT2D eigenvalue weighted by molar-refractivity contribution is 5.96. The van der Waals surface area contributed by atoms with Gasteiger partial charge in [0.2, 0.25) is 0 Å². The van der Waals surface area contributed by atoms with Crippen LogP contribution in [-0.2, 0) is 34.5 Å². The predicted octanol–water partition coefficient (Wildman–Crippen LogP) is 3.67. The molecule has 0 spiro atoms. The molecule has 2 heterocycles. The first-order valence-corrected chi connectivity index (χ1v) is 12.9. The number of ketones is 1. The number of nitrogens with zero attached hydrogens (tertiary/aromatic N) is 4. The van der Waals surface area contributed by atoms with Gasteiger partial charge in [-0.05, 0) is 61.8 Å². The fraction of sp³-hybridized carbons (Fsp3) is 0.414. The van der Waals surface area contributed by atoms with Crippen molar-refractivity contribution >= 4 is 5.78 Å². The van der Waals surface area contributed by atoms with Crippen molar-refractivity contribution in [3.05, 3.63) is 82.6 Å². The number of hydrogen-bond donors (Lipinski definition) is 0. The van der Waals surface area contributed by atoms with Gasteiger partial charge in [-0.3, -0.25) is 4.79 Å². The van der Waals surface area contributed by atoms with Gasteiger partial charge < -0.3 is 19.1 Å². The van der Waals surface area contributed by atoms with Crippen LogP contribution in [-0.4, -0.2) is 59.5 Å². The van der Waals surface area contributed by atoms with Crippen LogP contribution >= 0.6 is 0 Å². The lowest BCUT2D eigenvalue weighted by Gasteiger charge is -2.56. The van der Waals surface area contributed by atoms with Crippen LogP contribution in [0.1, 0.15) is 35.2 Å². The summed E-state index contributed by atoms with van der Waals surface area (Å²) in [5, 5.41) is 8.50. The number of rotatable bonds is 7. The maximum absolute atomic E-state index is 13.2. The molecule has 8 nitrogen and oxygen atoms in total. The molecule has 0 saturated carbocycles. The standard InChI is InChI=1S/C29H31FN4O4/c1-33-11-10-29-14-24(35)26(37-3)13-22(29)23(33)12-19-6-9-25(36-2)28(27(19)29)38-17-21-16-34(32-31-21)15-18-4-7-20(30)8-5-18/h4-9,13,16,22-23H,10-12,14-15,17H2,1-3H3. The average molecular weight is 519 g/mol. The SMILES string of the molecule is COC1=CC2C3Cc4ccc(OC)c(OCc5cn(Cc6ccc(F)cc6)nn5)c4C2(CCN3C)CC1=O. The van der Waals surface area contributed by atoms with Crippen LogP contribution in [0.4, 0.5) is 4.39 Å². The molecule has 3 unspecified atom stereocenters. The number of Topliss-reactive ketones (excluding diaryl/α,β-unsaturated/α-hetero) is 1. The van der Waals surface area contributed by atoms with E-state index in [2.05, 4.69) is 28.3 Å². The third-order valence-corrected chi connectivity index (χ3v) is 8.39. The Labute approximate surface area is 221 Å². The van der Waals surface area contributed by atoms with Gasteiger partial charge in [-0.2, -0.15) is 0 Å². The van der Waals surface area contributed by atoms with Crippen molar-refractivity contribution in [2.45, 2.75) is 43.9 Å². The van der Waals surface area contributed by atoms with E-state index < -0.39 is 0 Å². The zero-order chi connectivity index (χ0) is 26.4. The van der Waals surface area contributed by atoms with Gasteiger partial charge in [0.25, 0.3) is 0 Å². The summed E-state index contributed by atoms with van der Waals surface area (Å²) >= 11 is 0. The molecule has 2 bridgehead atoms. The van der Waals surface area contributed by atoms with Gasteiger partial charge in [0, 0.05) is 29.4 Å². The molecule has 3 atom stereocenters. The predicted molar refractivity (Wildman–Crippen MR) is 137 cm³/mol. The van der Waals surface area contributed by atoms with Crippen molar-refractivity contribution in [2.24, 2.45) is 5.92 Å². The number of piperidine rings is 1. The number of benzene rings is 2. The van der Waals surface area contributed by atoms with Crippen LogP contribution in [0.5, 0.6) is 11.5 Å². The van der Waals surface area contributed by atoms with Crippen LogP contribution < -0.4 is 9.47 Å². The molecule has 0 N–H and O–H groups in total. The lowest BCUT2D eigenvalue weighted by Crippen LogP contribution is -2.60. The van der Waals surface area contributed by atoms with Gasteiger partial charge in [-0.1, -0.05) is 23.4 Å². The van der Waals surface area contributed by atoms with Crippen LogP contribution in [0.3, 0.4) is 0 Å². The minimum atomic E-state index is -0.381. The lowest BCUT2D eigenvalue weighted by atomic mass is 9.53. The van der Waals surface area contributed by atoms with Gasteiger partial charge in [-0.25, -0.2) is 9.07 Å². The van der Waals surface area contributed by atoms with E-state index in [0.717, 1.165) is 30.5 Å². The Bertz CT molecular complexity index is 1400. The molecule has 1 fully saturated rings. The van der Waals surface area contributed by atoms with E-state index in [1.807, 2.05) is 18.3 Å². The highest BCUT2D eigenvalue weighted by Crippen LogP contribution is 2.58. The Hall–Kier alpha value is -3.72. The quantitative estimate of drug-likeness (QED) is 0.472. The maximum Gasteiger partial charge on any atom is 0.197 e. The van der Waals surface area contributed by atoms with E-state index in [-0.39, 0.29) is 35.6 Å². The molecule has 6 rings (SSSR count). The van der Waals surface area contributed by atoms with Crippen molar-refractivity contribution in [3.8, 4) is 11.5 Å². The van der Waals surface area contributed by atoms with Gasteiger partial charge in [0.1, 0.15) is 18.1 Å². The van der Waals surface area contributed by atoms with Crippen molar-refractivity contribution < 1.29 is 23.4 Å². The fourth-order valence-electron chi connectivity index (χ4n) is 6.56. The minimum Gasteiger partial charge on any atom is -0.493 e. The highest BCUT2D eigenvalue weighted by Gasteiger charge is 2.56. The molecule has 2 aromatic carbocycles. The Kier molecular flexibility index (Phi) is 6.18. The molecule has 1 saturated heterocycles. The second-order valence-corrected chi connectivity index (χ2v) is 10.5. The Morgan fingerprint density at radius 3 is 2.71 bits per heavy atom. The molecule has 1 aliphatic heterocycles. The molecule has 3 aliphatic rings.